The fourth-order valence-corrected chi connectivity index (χ4v) is 1.32. The quantitative estimate of drug-likeness (QED) is 0.602. The minimum atomic E-state index is -0.123. The van der Waals surface area contributed by atoms with Gasteiger partial charge in [-0.3, -0.25) is 4.79 Å². The molecule has 1 nitrogen and oxygen atoms in total. The molecule has 3 heteroatoms. The second-order valence-corrected chi connectivity index (χ2v) is 3.89. The SMILES string of the molecule is O=C(Br)C=Cc1cccc(Br)c1. The number of benzene rings is 1. The van der Waals surface area contributed by atoms with Gasteiger partial charge in [-0.2, -0.15) is 0 Å². The van der Waals surface area contributed by atoms with E-state index in [0.717, 1.165) is 10.0 Å². The van der Waals surface area contributed by atoms with E-state index < -0.39 is 0 Å². The van der Waals surface area contributed by atoms with Crippen molar-refractivity contribution >= 4 is 42.6 Å². The number of hydrogen-bond donors (Lipinski definition) is 0. The third-order valence-corrected chi connectivity index (χ3v) is 2.01. The van der Waals surface area contributed by atoms with E-state index >= 15 is 0 Å². The van der Waals surface area contributed by atoms with Crippen molar-refractivity contribution in [1.82, 2.24) is 0 Å². The maximum atomic E-state index is 10.5. The lowest BCUT2D eigenvalue weighted by atomic mass is 10.2. The molecule has 1 aromatic carbocycles. The zero-order chi connectivity index (χ0) is 8.97. The normalized spacial score (nSPS) is 10.5. The topological polar surface area (TPSA) is 17.1 Å². The summed E-state index contributed by atoms with van der Waals surface area (Å²) >= 11 is 6.15. The van der Waals surface area contributed by atoms with Crippen molar-refractivity contribution in [3.63, 3.8) is 0 Å². The second kappa shape index (κ2) is 4.58. The summed E-state index contributed by atoms with van der Waals surface area (Å²) in [5.41, 5.74) is 0.997. The van der Waals surface area contributed by atoms with Crippen LogP contribution in [0.4, 0.5) is 0 Å². The van der Waals surface area contributed by atoms with Crippen molar-refractivity contribution in [1.29, 1.82) is 0 Å². The van der Waals surface area contributed by atoms with Gasteiger partial charge in [-0.1, -0.05) is 34.1 Å². The predicted molar refractivity (Wildman–Crippen MR) is 57.1 cm³/mol. The summed E-state index contributed by atoms with van der Waals surface area (Å²) in [7, 11) is 0. The lowest BCUT2D eigenvalue weighted by Crippen LogP contribution is -1.75. The van der Waals surface area contributed by atoms with E-state index in [2.05, 4.69) is 31.9 Å². The first kappa shape index (κ1) is 9.68. The van der Waals surface area contributed by atoms with Gasteiger partial charge < -0.3 is 0 Å². The molecule has 0 saturated carbocycles. The molecule has 12 heavy (non-hydrogen) atoms. The van der Waals surface area contributed by atoms with E-state index in [1.165, 1.54) is 6.08 Å². The van der Waals surface area contributed by atoms with Crippen LogP contribution in [-0.2, 0) is 4.79 Å². The molecular weight excluding hydrogens is 284 g/mol. The largest absolute Gasteiger partial charge is 0.282 e. The molecule has 1 aromatic rings. The average molecular weight is 290 g/mol. The molecular formula is C9H6Br2O. The van der Waals surface area contributed by atoms with E-state index in [0.29, 0.717) is 0 Å². The van der Waals surface area contributed by atoms with Gasteiger partial charge in [0, 0.05) is 4.47 Å². The Morgan fingerprint density at radius 2 is 2.17 bits per heavy atom. The molecule has 0 saturated heterocycles. The second-order valence-electron chi connectivity index (χ2n) is 2.19. The van der Waals surface area contributed by atoms with Crippen LogP contribution in [0.3, 0.4) is 0 Å². The standard InChI is InChI=1S/C9H6Br2O/c10-8-3-1-2-7(6-8)4-5-9(11)12/h1-6H. The molecule has 0 N–H and O–H groups in total. The zero-order valence-corrected chi connectivity index (χ0v) is 9.30. The fraction of sp³-hybridized carbons (Fsp3) is 0. The van der Waals surface area contributed by atoms with Crippen LogP contribution in [0.2, 0.25) is 0 Å². The van der Waals surface area contributed by atoms with Gasteiger partial charge in [-0.15, -0.1) is 0 Å². The van der Waals surface area contributed by atoms with E-state index in [9.17, 15) is 4.79 Å². The monoisotopic (exact) mass is 288 g/mol. The molecule has 0 aliphatic carbocycles. The first-order valence-electron chi connectivity index (χ1n) is 3.31. The fourth-order valence-electron chi connectivity index (χ4n) is 0.772. The Morgan fingerprint density at radius 3 is 2.75 bits per heavy atom. The van der Waals surface area contributed by atoms with Gasteiger partial charge in [-0.25, -0.2) is 0 Å². The van der Waals surface area contributed by atoms with Gasteiger partial charge >= 0.3 is 0 Å². The molecule has 0 unspecified atom stereocenters. The highest BCUT2D eigenvalue weighted by Crippen LogP contribution is 2.12. The molecule has 0 spiro atoms. The Kier molecular flexibility index (Phi) is 3.69. The first-order chi connectivity index (χ1) is 5.68. The van der Waals surface area contributed by atoms with E-state index in [-0.39, 0.29) is 4.69 Å². The molecule has 1 rings (SSSR count). The summed E-state index contributed by atoms with van der Waals surface area (Å²) in [6.07, 6.45) is 3.23. The van der Waals surface area contributed by atoms with Crippen LogP contribution >= 0.6 is 31.9 Å². The van der Waals surface area contributed by atoms with Crippen molar-refractivity contribution in [2.45, 2.75) is 0 Å². The Bertz CT molecular complexity index is 318. The summed E-state index contributed by atoms with van der Waals surface area (Å²) < 4.78 is 0.883. The summed E-state index contributed by atoms with van der Waals surface area (Å²) in [4.78, 5) is 10.5. The first-order valence-corrected chi connectivity index (χ1v) is 4.90. The van der Waals surface area contributed by atoms with Crippen molar-refractivity contribution < 1.29 is 4.79 Å². The van der Waals surface area contributed by atoms with E-state index in [1.807, 2.05) is 24.3 Å². The minimum Gasteiger partial charge on any atom is -0.282 e. The summed E-state index contributed by atoms with van der Waals surface area (Å²) in [5.74, 6) is 0. The number of carbonyl (C=O) groups excluding carboxylic acids is 1. The summed E-state index contributed by atoms with van der Waals surface area (Å²) in [6, 6.07) is 7.72. The van der Waals surface area contributed by atoms with E-state index in [4.69, 9.17) is 0 Å². The zero-order valence-electron chi connectivity index (χ0n) is 6.13. The Balaban J connectivity index is 2.83. The molecule has 0 bridgehead atoms. The molecule has 0 radical (unpaired) electrons. The number of allylic oxidation sites excluding steroid dienone is 1. The molecule has 0 aliphatic rings. The van der Waals surface area contributed by atoms with Gasteiger partial charge in [0.05, 0.1) is 0 Å². The van der Waals surface area contributed by atoms with Gasteiger partial charge in [-0.05, 0) is 39.7 Å². The minimum absolute atomic E-state index is 0.123. The van der Waals surface area contributed by atoms with Crippen molar-refractivity contribution in [3.8, 4) is 0 Å². The molecule has 0 aromatic heterocycles. The highest BCUT2D eigenvalue weighted by atomic mass is 79.9. The van der Waals surface area contributed by atoms with Gasteiger partial charge in [0.2, 0.25) is 4.69 Å². The maximum Gasteiger partial charge on any atom is 0.220 e. The third kappa shape index (κ3) is 3.32. The average Bonchev–Trinajstić information content (AvgIpc) is 2.01. The Labute approximate surface area is 87.7 Å². The molecule has 0 fully saturated rings. The molecule has 0 aliphatic heterocycles. The molecule has 0 heterocycles. The van der Waals surface area contributed by atoms with Crippen LogP contribution in [0.1, 0.15) is 5.56 Å². The van der Waals surface area contributed by atoms with Gasteiger partial charge in [0.15, 0.2) is 0 Å². The molecule has 0 atom stereocenters. The Hall–Kier alpha value is -0.410. The maximum absolute atomic E-state index is 10.5. The summed E-state index contributed by atoms with van der Waals surface area (Å²) in [5, 5.41) is 0. The number of carbonyl (C=O) groups is 1. The highest BCUT2D eigenvalue weighted by molar-refractivity contribution is 9.18. The van der Waals surface area contributed by atoms with Crippen molar-refractivity contribution in [3.05, 3.63) is 40.4 Å². The van der Waals surface area contributed by atoms with Crippen LogP contribution < -0.4 is 0 Å². The Morgan fingerprint density at radius 1 is 1.42 bits per heavy atom. The van der Waals surface area contributed by atoms with Crippen LogP contribution in [0.5, 0.6) is 0 Å². The summed E-state index contributed by atoms with van der Waals surface area (Å²) in [6.45, 7) is 0. The van der Waals surface area contributed by atoms with Crippen LogP contribution in [0.15, 0.2) is 34.8 Å². The molecule has 0 amide bonds. The number of rotatable bonds is 2. The van der Waals surface area contributed by atoms with Crippen molar-refractivity contribution in [2.24, 2.45) is 0 Å². The van der Waals surface area contributed by atoms with Crippen LogP contribution in [0, 0.1) is 0 Å². The van der Waals surface area contributed by atoms with Crippen molar-refractivity contribution in [2.75, 3.05) is 0 Å². The highest BCUT2D eigenvalue weighted by Gasteiger charge is 1.89. The number of halogens is 2. The van der Waals surface area contributed by atoms with Gasteiger partial charge in [0.25, 0.3) is 0 Å². The van der Waals surface area contributed by atoms with E-state index in [1.54, 1.807) is 6.08 Å². The lowest BCUT2D eigenvalue weighted by molar-refractivity contribution is -0.106. The number of hydrogen-bond acceptors (Lipinski definition) is 1. The van der Waals surface area contributed by atoms with Gasteiger partial charge in [0.1, 0.15) is 0 Å². The van der Waals surface area contributed by atoms with Crippen LogP contribution in [0.25, 0.3) is 6.08 Å². The molecule has 62 valence electrons. The predicted octanol–water partition coefficient (Wildman–Crippen LogP) is 3.38. The smallest absolute Gasteiger partial charge is 0.220 e. The lowest BCUT2D eigenvalue weighted by Gasteiger charge is -1.92. The van der Waals surface area contributed by atoms with Crippen LogP contribution in [-0.4, -0.2) is 4.69 Å². The third-order valence-electron chi connectivity index (χ3n) is 1.26.